The van der Waals surface area contributed by atoms with E-state index in [1.54, 1.807) is 0 Å². The van der Waals surface area contributed by atoms with Crippen LogP contribution in [-0.2, 0) is 0 Å². The molecule has 1 aromatic carbocycles. The van der Waals surface area contributed by atoms with Crippen LogP contribution in [0.15, 0.2) is 41.6 Å². The average Bonchev–Trinajstić information content (AvgIpc) is 3.44. The van der Waals surface area contributed by atoms with Crippen molar-refractivity contribution in [1.29, 1.82) is 0 Å². The molecular weight excluding hydrogens is 380 g/mol. The molecule has 1 unspecified atom stereocenters. The van der Waals surface area contributed by atoms with Crippen molar-refractivity contribution in [3.05, 3.63) is 64.0 Å². The summed E-state index contributed by atoms with van der Waals surface area (Å²) in [7, 11) is 0. The Bertz CT molecular complexity index is 1370. The van der Waals surface area contributed by atoms with Gasteiger partial charge < -0.3 is 20.6 Å². The van der Waals surface area contributed by atoms with Crippen molar-refractivity contribution in [2.75, 3.05) is 5.32 Å². The van der Waals surface area contributed by atoms with Crippen LogP contribution in [0.1, 0.15) is 53.5 Å². The number of fused-ring (bicyclic) bond motifs is 2. The molecule has 1 amide bonds. The zero-order chi connectivity index (χ0) is 21.0. The molecule has 0 aliphatic heterocycles. The Morgan fingerprint density at radius 2 is 2.10 bits per heavy atom. The van der Waals surface area contributed by atoms with Crippen LogP contribution in [0.3, 0.4) is 0 Å². The van der Waals surface area contributed by atoms with E-state index in [9.17, 15) is 9.59 Å². The van der Waals surface area contributed by atoms with Gasteiger partial charge in [0.05, 0.1) is 22.4 Å². The molecule has 4 aromatic rings. The Balaban J connectivity index is 1.64. The minimum atomic E-state index is -0.553. The van der Waals surface area contributed by atoms with Crippen molar-refractivity contribution >= 4 is 33.5 Å². The zero-order valence-corrected chi connectivity index (χ0v) is 16.8. The largest absolute Gasteiger partial charge is 0.366 e. The molecule has 0 radical (unpaired) electrons. The molecule has 1 aliphatic carbocycles. The summed E-state index contributed by atoms with van der Waals surface area (Å²) >= 11 is 0. The number of pyridine rings is 1. The number of carbonyl (C=O) groups excluding carboxylic acids is 1. The number of anilines is 1. The normalized spacial score (nSPS) is 14.9. The second kappa shape index (κ2) is 6.69. The molecular formula is C22H22N6O2. The van der Waals surface area contributed by atoms with E-state index in [4.69, 9.17) is 5.73 Å². The maximum atomic E-state index is 13.4. The predicted octanol–water partition coefficient (Wildman–Crippen LogP) is 3.19. The van der Waals surface area contributed by atoms with E-state index in [2.05, 4.69) is 26.3 Å². The monoisotopic (exact) mass is 402 g/mol. The standard InChI is InChI=1S/C22H22N6O2/c1-11-4-3-5-13-8-16(28(14-6-7-14)22(30)17(11)13)12(2)27-21-18-15(19(23)29)9-24-20(18)25-10-26-21/h3-5,8-10,12,14H,6-7H2,1-2H3,(H2,23,29)(H2,24,25,26,27). The smallest absolute Gasteiger partial charge is 0.259 e. The highest BCUT2D eigenvalue weighted by atomic mass is 16.1. The van der Waals surface area contributed by atoms with Crippen LogP contribution in [0, 0.1) is 6.92 Å². The molecule has 3 aromatic heterocycles. The lowest BCUT2D eigenvalue weighted by molar-refractivity contribution is 0.100. The van der Waals surface area contributed by atoms with Crippen LogP contribution < -0.4 is 16.6 Å². The van der Waals surface area contributed by atoms with Crippen molar-refractivity contribution in [2.45, 2.75) is 38.8 Å². The molecule has 8 heteroatoms. The molecule has 1 aliphatic rings. The van der Waals surface area contributed by atoms with Gasteiger partial charge in [0.15, 0.2) is 0 Å². The topological polar surface area (TPSA) is 119 Å². The number of rotatable bonds is 5. The van der Waals surface area contributed by atoms with Crippen LogP contribution >= 0.6 is 0 Å². The Kier molecular flexibility index (Phi) is 4.09. The summed E-state index contributed by atoms with van der Waals surface area (Å²) in [5, 5.41) is 5.62. The van der Waals surface area contributed by atoms with Gasteiger partial charge in [-0.2, -0.15) is 0 Å². The predicted molar refractivity (Wildman–Crippen MR) is 116 cm³/mol. The third-order valence-electron chi connectivity index (χ3n) is 5.76. The number of nitrogens with zero attached hydrogens (tertiary/aromatic N) is 3. The molecule has 8 nitrogen and oxygen atoms in total. The van der Waals surface area contributed by atoms with Gasteiger partial charge in [-0.05, 0) is 43.7 Å². The fourth-order valence-electron chi connectivity index (χ4n) is 4.16. The number of benzene rings is 1. The van der Waals surface area contributed by atoms with E-state index in [0.717, 1.165) is 34.9 Å². The average molecular weight is 402 g/mol. The van der Waals surface area contributed by atoms with Gasteiger partial charge in [-0.3, -0.25) is 9.59 Å². The number of primary amides is 1. The van der Waals surface area contributed by atoms with Gasteiger partial charge in [-0.25, -0.2) is 9.97 Å². The Morgan fingerprint density at radius 1 is 1.30 bits per heavy atom. The highest BCUT2D eigenvalue weighted by Gasteiger charge is 2.29. The van der Waals surface area contributed by atoms with Crippen LogP contribution in [-0.4, -0.2) is 25.4 Å². The fraction of sp³-hybridized carbons (Fsp3) is 0.273. The molecule has 4 N–H and O–H groups in total. The summed E-state index contributed by atoms with van der Waals surface area (Å²) in [6.07, 6.45) is 4.96. The van der Waals surface area contributed by atoms with Crippen molar-refractivity contribution in [3.63, 3.8) is 0 Å². The lowest BCUT2D eigenvalue weighted by Crippen LogP contribution is -2.26. The Morgan fingerprint density at radius 3 is 2.83 bits per heavy atom. The number of H-pyrrole nitrogens is 1. The van der Waals surface area contributed by atoms with Gasteiger partial charge in [0.2, 0.25) is 0 Å². The minimum Gasteiger partial charge on any atom is -0.366 e. The molecule has 0 spiro atoms. The van der Waals surface area contributed by atoms with E-state index in [0.29, 0.717) is 22.4 Å². The minimum absolute atomic E-state index is 0.0454. The molecule has 152 valence electrons. The van der Waals surface area contributed by atoms with Gasteiger partial charge in [-0.1, -0.05) is 18.2 Å². The summed E-state index contributed by atoms with van der Waals surface area (Å²) in [4.78, 5) is 36.7. The van der Waals surface area contributed by atoms with Gasteiger partial charge >= 0.3 is 0 Å². The van der Waals surface area contributed by atoms with Crippen molar-refractivity contribution in [3.8, 4) is 0 Å². The third kappa shape index (κ3) is 2.83. The Labute approximate surface area is 172 Å². The van der Waals surface area contributed by atoms with Gasteiger partial charge in [0, 0.05) is 17.9 Å². The lowest BCUT2D eigenvalue weighted by atomic mass is 10.0. The third-order valence-corrected chi connectivity index (χ3v) is 5.76. The van der Waals surface area contributed by atoms with E-state index >= 15 is 0 Å². The first kappa shape index (κ1) is 18.4. The first-order chi connectivity index (χ1) is 14.5. The fourth-order valence-corrected chi connectivity index (χ4v) is 4.16. The van der Waals surface area contributed by atoms with E-state index in [1.807, 2.05) is 36.6 Å². The zero-order valence-electron chi connectivity index (χ0n) is 16.8. The lowest BCUT2D eigenvalue weighted by Gasteiger charge is -2.22. The molecule has 1 atom stereocenters. The maximum absolute atomic E-state index is 13.4. The number of carbonyl (C=O) groups is 1. The highest BCUT2D eigenvalue weighted by molar-refractivity contribution is 6.08. The van der Waals surface area contributed by atoms with Crippen molar-refractivity contribution in [2.24, 2.45) is 5.73 Å². The molecule has 3 heterocycles. The van der Waals surface area contributed by atoms with Crippen LogP contribution in [0.2, 0.25) is 0 Å². The van der Waals surface area contributed by atoms with Crippen LogP contribution in [0.25, 0.3) is 21.8 Å². The van der Waals surface area contributed by atoms with E-state index in [1.165, 1.54) is 12.5 Å². The van der Waals surface area contributed by atoms with E-state index in [-0.39, 0.29) is 17.6 Å². The molecule has 0 saturated heterocycles. The van der Waals surface area contributed by atoms with Gasteiger partial charge in [-0.15, -0.1) is 0 Å². The molecule has 5 rings (SSSR count). The number of amides is 1. The number of aromatic amines is 1. The number of nitrogens with two attached hydrogens (primary N) is 1. The summed E-state index contributed by atoms with van der Waals surface area (Å²) in [5.74, 6) is -0.0514. The molecule has 1 fully saturated rings. The summed E-state index contributed by atoms with van der Waals surface area (Å²) in [6, 6.07) is 7.98. The second-order valence-electron chi connectivity index (χ2n) is 7.89. The van der Waals surface area contributed by atoms with Crippen molar-refractivity contribution in [1.82, 2.24) is 19.5 Å². The van der Waals surface area contributed by atoms with Crippen LogP contribution in [0.4, 0.5) is 5.82 Å². The van der Waals surface area contributed by atoms with E-state index < -0.39 is 5.91 Å². The SMILES string of the molecule is Cc1cccc2cc(C(C)Nc3ncnc4[nH]cc(C(N)=O)c34)n(C3CC3)c(=O)c12. The number of nitrogens with one attached hydrogen (secondary N) is 2. The number of hydrogen-bond acceptors (Lipinski definition) is 5. The number of aromatic nitrogens is 4. The Hall–Kier alpha value is -3.68. The van der Waals surface area contributed by atoms with Crippen molar-refractivity contribution < 1.29 is 4.79 Å². The summed E-state index contributed by atoms with van der Waals surface area (Å²) < 4.78 is 1.91. The second-order valence-corrected chi connectivity index (χ2v) is 7.89. The quantitative estimate of drug-likeness (QED) is 0.474. The summed E-state index contributed by atoms with van der Waals surface area (Å²) in [5.41, 5.74) is 8.29. The molecule has 0 bridgehead atoms. The highest BCUT2D eigenvalue weighted by Crippen LogP contribution is 2.37. The molecule has 30 heavy (non-hydrogen) atoms. The first-order valence-corrected chi connectivity index (χ1v) is 9.99. The van der Waals surface area contributed by atoms with Crippen LogP contribution in [0.5, 0.6) is 0 Å². The number of aryl methyl sites for hydroxylation is 1. The summed E-state index contributed by atoms with van der Waals surface area (Å²) in [6.45, 7) is 3.96. The van der Waals surface area contributed by atoms with Gasteiger partial charge in [0.1, 0.15) is 17.8 Å². The van der Waals surface area contributed by atoms with Gasteiger partial charge in [0.25, 0.3) is 11.5 Å². The first-order valence-electron chi connectivity index (χ1n) is 9.99. The molecule has 1 saturated carbocycles. The maximum Gasteiger partial charge on any atom is 0.259 e. The number of hydrogen-bond donors (Lipinski definition) is 3.